The Balaban J connectivity index is 0.000000452. The third kappa shape index (κ3) is 3.40. The van der Waals surface area contributed by atoms with Gasteiger partial charge in [0.05, 0.1) is 12.7 Å². The number of fused-ring (bicyclic) bond motifs is 2. The van der Waals surface area contributed by atoms with Crippen LogP contribution in [-0.4, -0.2) is 12.7 Å². The van der Waals surface area contributed by atoms with E-state index in [0.29, 0.717) is 11.5 Å². The van der Waals surface area contributed by atoms with Crippen molar-refractivity contribution in [1.82, 2.24) is 0 Å². The predicted octanol–water partition coefficient (Wildman–Crippen LogP) is 5.19. The van der Waals surface area contributed by atoms with E-state index in [1.807, 2.05) is 0 Å². The maximum Gasteiger partial charge on any atom is 0.0609 e. The summed E-state index contributed by atoms with van der Waals surface area (Å²) in [5.74, 6) is 8.42. The summed E-state index contributed by atoms with van der Waals surface area (Å²) >= 11 is 0. The molecule has 1 aliphatic heterocycles. The van der Waals surface area contributed by atoms with Crippen molar-refractivity contribution in [1.29, 1.82) is 0 Å². The lowest BCUT2D eigenvalue weighted by Gasteiger charge is -2.39. The highest BCUT2D eigenvalue weighted by Gasteiger charge is 2.50. The molecule has 1 spiro atoms. The molecule has 1 heterocycles. The van der Waals surface area contributed by atoms with Crippen LogP contribution in [0.2, 0.25) is 0 Å². The smallest absolute Gasteiger partial charge is 0.0609 e. The topological polar surface area (TPSA) is 9.23 Å². The van der Waals surface area contributed by atoms with Crippen LogP contribution < -0.4 is 0 Å². The SMILES string of the molecule is CCC.CCC1CCC2OCC3(CCC#CCC3)C2C1. The summed E-state index contributed by atoms with van der Waals surface area (Å²) in [6.07, 6.45) is 12.1. The van der Waals surface area contributed by atoms with Gasteiger partial charge >= 0.3 is 0 Å². The highest BCUT2D eigenvalue weighted by molar-refractivity contribution is 5.08. The fraction of sp³-hybridized carbons (Fsp3) is 0.895. The van der Waals surface area contributed by atoms with Crippen molar-refractivity contribution in [3.05, 3.63) is 0 Å². The average molecular weight is 276 g/mol. The Morgan fingerprint density at radius 2 is 1.70 bits per heavy atom. The maximum atomic E-state index is 6.14. The molecule has 0 N–H and O–H groups in total. The second-order valence-electron chi connectivity index (χ2n) is 6.97. The van der Waals surface area contributed by atoms with Gasteiger partial charge < -0.3 is 4.74 Å². The molecule has 114 valence electrons. The first kappa shape index (κ1) is 15.9. The molecule has 0 bridgehead atoms. The Bertz CT molecular complexity index is 337. The Labute approximate surface area is 125 Å². The molecule has 0 radical (unpaired) electrons. The van der Waals surface area contributed by atoms with Gasteiger partial charge in [-0.2, -0.15) is 0 Å². The molecule has 2 aliphatic carbocycles. The second-order valence-corrected chi connectivity index (χ2v) is 6.97. The van der Waals surface area contributed by atoms with Crippen LogP contribution in [0.1, 0.15) is 78.6 Å². The molecule has 20 heavy (non-hydrogen) atoms. The molecule has 3 rings (SSSR count). The Morgan fingerprint density at radius 1 is 1.05 bits per heavy atom. The van der Waals surface area contributed by atoms with Crippen LogP contribution in [0.5, 0.6) is 0 Å². The third-order valence-electron chi connectivity index (χ3n) is 5.47. The van der Waals surface area contributed by atoms with Gasteiger partial charge in [-0.15, -0.1) is 11.8 Å². The van der Waals surface area contributed by atoms with E-state index in [1.165, 1.54) is 44.9 Å². The minimum Gasteiger partial charge on any atom is -0.377 e. The van der Waals surface area contributed by atoms with E-state index >= 15 is 0 Å². The Kier molecular flexibility index (Phi) is 5.97. The molecule has 1 saturated heterocycles. The van der Waals surface area contributed by atoms with Gasteiger partial charge in [0, 0.05) is 18.3 Å². The number of rotatable bonds is 1. The number of hydrogen-bond acceptors (Lipinski definition) is 1. The molecule has 0 aromatic heterocycles. The maximum absolute atomic E-state index is 6.14. The fourth-order valence-corrected chi connectivity index (χ4v) is 4.26. The summed E-state index contributed by atoms with van der Waals surface area (Å²) in [5.41, 5.74) is 0.481. The van der Waals surface area contributed by atoms with Crippen LogP contribution in [0.4, 0.5) is 0 Å². The van der Waals surface area contributed by atoms with Crippen molar-refractivity contribution in [3.63, 3.8) is 0 Å². The molecular formula is C19H32O. The zero-order chi connectivity index (χ0) is 14.4. The van der Waals surface area contributed by atoms with Gasteiger partial charge in [-0.05, 0) is 43.9 Å². The minimum atomic E-state index is 0.481. The lowest BCUT2D eigenvalue weighted by Crippen LogP contribution is -2.36. The first-order valence-corrected chi connectivity index (χ1v) is 8.83. The molecule has 1 nitrogen and oxygen atoms in total. The van der Waals surface area contributed by atoms with E-state index in [9.17, 15) is 0 Å². The van der Waals surface area contributed by atoms with Gasteiger partial charge in [0.1, 0.15) is 0 Å². The van der Waals surface area contributed by atoms with E-state index in [-0.39, 0.29) is 0 Å². The van der Waals surface area contributed by atoms with Crippen LogP contribution >= 0.6 is 0 Å². The van der Waals surface area contributed by atoms with E-state index in [2.05, 4.69) is 32.6 Å². The Hall–Kier alpha value is -0.480. The second kappa shape index (κ2) is 7.51. The van der Waals surface area contributed by atoms with Gasteiger partial charge in [0.25, 0.3) is 0 Å². The largest absolute Gasteiger partial charge is 0.377 e. The molecular weight excluding hydrogens is 244 g/mol. The van der Waals surface area contributed by atoms with Crippen molar-refractivity contribution >= 4 is 0 Å². The summed E-state index contributed by atoms with van der Waals surface area (Å²) in [7, 11) is 0. The standard InChI is InChI=1S/C16H24O.C3H8/c1-2-13-7-8-15-14(11-13)16(12-17-15)9-5-3-4-6-10-16;1-3-2/h13-15H,2,5-12H2,1H3;3H2,1-2H3. The summed E-state index contributed by atoms with van der Waals surface area (Å²) in [6, 6.07) is 0. The lowest BCUT2D eigenvalue weighted by atomic mass is 9.63. The van der Waals surface area contributed by atoms with Gasteiger partial charge in [-0.3, -0.25) is 0 Å². The van der Waals surface area contributed by atoms with Crippen LogP contribution in [0.25, 0.3) is 0 Å². The monoisotopic (exact) mass is 276 g/mol. The molecule has 3 atom stereocenters. The van der Waals surface area contributed by atoms with Crippen LogP contribution in [0, 0.1) is 29.1 Å². The van der Waals surface area contributed by atoms with Gasteiger partial charge in [0.2, 0.25) is 0 Å². The van der Waals surface area contributed by atoms with E-state index < -0.39 is 0 Å². The lowest BCUT2D eigenvalue weighted by molar-refractivity contribution is 0.0500. The van der Waals surface area contributed by atoms with Crippen molar-refractivity contribution < 1.29 is 4.74 Å². The zero-order valence-corrected chi connectivity index (χ0v) is 13.7. The average Bonchev–Trinajstić information content (AvgIpc) is 2.65. The summed E-state index contributed by atoms with van der Waals surface area (Å²) in [5, 5.41) is 0. The molecule has 2 fully saturated rings. The fourth-order valence-electron chi connectivity index (χ4n) is 4.26. The molecule has 0 aromatic carbocycles. The highest BCUT2D eigenvalue weighted by Crippen LogP contribution is 2.53. The van der Waals surface area contributed by atoms with Gasteiger partial charge in [0.15, 0.2) is 0 Å². The number of hydrogen-bond donors (Lipinski definition) is 0. The molecule has 1 saturated carbocycles. The van der Waals surface area contributed by atoms with Crippen LogP contribution in [0.15, 0.2) is 0 Å². The van der Waals surface area contributed by atoms with Crippen molar-refractivity contribution in [3.8, 4) is 11.8 Å². The van der Waals surface area contributed by atoms with Crippen LogP contribution in [-0.2, 0) is 4.74 Å². The quantitative estimate of drug-likeness (QED) is 0.599. The predicted molar refractivity (Wildman–Crippen MR) is 85.5 cm³/mol. The molecule has 3 unspecified atom stereocenters. The molecule has 0 amide bonds. The molecule has 3 aliphatic rings. The first-order chi connectivity index (χ1) is 9.75. The van der Waals surface area contributed by atoms with Crippen molar-refractivity contribution in [2.45, 2.75) is 84.7 Å². The summed E-state index contributed by atoms with van der Waals surface area (Å²) in [4.78, 5) is 0. The van der Waals surface area contributed by atoms with E-state index in [0.717, 1.165) is 31.3 Å². The first-order valence-electron chi connectivity index (χ1n) is 8.83. The third-order valence-corrected chi connectivity index (χ3v) is 5.47. The summed E-state index contributed by atoms with van der Waals surface area (Å²) in [6.45, 7) is 7.62. The Morgan fingerprint density at radius 3 is 2.30 bits per heavy atom. The normalized spacial score (nSPS) is 34.2. The molecule has 1 heteroatoms. The van der Waals surface area contributed by atoms with Crippen molar-refractivity contribution in [2.75, 3.05) is 6.61 Å². The zero-order valence-electron chi connectivity index (χ0n) is 13.7. The van der Waals surface area contributed by atoms with E-state index in [4.69, 9.17) is 4.74 Å². The molecule has 0 aromatic rings. The van der Waals surface area contributed by atoms with Gasteiger partial charge in [-0.1, -0.05) is 33.6 Å². The minimum absolute atomic E-state index is 0.481. The highest BCUT2D eigenvalue weighted by atomic mass is 16.5. The van der Waals surface area contributed by atoms with Crippen molar-refractivity contribution in [2.24, 2.45) is 17.3 Å². The van der Waals surface area contributed by atoms with Gasteiger partial charge in [-0.25, -0.2) is 0 Å². The summed E-state index contributed by atoms with van der Waals surface area (Å²) < 4.78 is 6.14. The van der Waals surface area contributed by atoms with Crippen LogP contribution in [0.3, 0.4) is 0 Å². The van der Waals surface area contributed by atoms with E-state index in [1.54, 1.807) is 0 Å². The number of ether oxygens (including phenoxy) is 1.